The fourth-order valence-corrected chi connectivity index (χ4v) is 1.73. The van der Waals surface area contributed by atoms with Gasteiger partial charge in [-0.2, -0.15) is 0 Å². The maximum Gasteiger partial charge on any atom is 0.126 e. The zero-order valence-corrected chi connectivity index (χ0v) is 7.86. The smallest absolute Gasteiger partial charge is 0.126 e. The average Bonchev–Trinajstić information content (AvgIpc) is 2.49. The Balaban J connectivity index is 2.18. The lowest BCUT2D eigenvalue weighted by Gasteiger charge is -2.20. The molecule has 2 heterocycles. The summed E-state index contributed by atoms with van der Waals surface area (Å²) in [6.07, 6.45) is 4.02. The van der Waals surface area contributed by atoms with E-state index in [2.05, 4.69) is 4.98 Å². The molecule has 4 heteroatoms. The number of hydrogen-bond donors (Lipinski definition) is 1. The molecule has 4 nitrogen and oxygen atoms in total. The summed E-state index contributed by atoms with van der Waals surface area (Å²) in [5.41, 5.74) is 6.88. The first-order valence-electron chi connectivity index (χ1n) is 4.63. The van der Waals surface area contributed by atoms with Gasteiger partial charge in [-0.1, -0.05) is 0 Å². The predicted octanol–water partition coefficient (Wildman–Crippen LogP) is 0.896. The van der Waals surface area contributed by atoms with Gasteiger partial charge < -0.3 is 15.0 Å². The van der Waals surface area contributed by atoms with E-state index in [-0.39, 0.29) is 0 Å². The Hall–Kier alpha value is -1.03. The van der Waals surface area contributed by atoms with Crippen LogP contribution in [0.5, 0.6) is 0 Å². The van der Waals surface area contributed by atoms with Crippen LogP contribution in [0.3, 0.4) is 0 Å². The second-order valence-corrected chi connectivity index (χ2v) is 3.54. The first kappa shape index (κ1) is 8.56. The van der Waals surface area contributed by atoms with Crippen LogP contribution in [0.2, 0.25) is 0 Å². The summed E-state index contributed by atoms with van der Waals surface area (Å²) in [4.78, 5) is 4.30. The van der Waals surface area contributed by atoms with E-state index in [1.165, 1.54) is 0 Å². The van der Waals surface area contributed by atoms with E-state index in [9.17, 15) is 0 Å². The molecule has 1 unspecified atom stereocenters. The fraction of sp³-hybridized carbons (Fsp3) is 0.667. The number of ether oxygens (including phenoxy) is 1. The van der Waals surface area contributed by atoms with Crippen LogP contribution in [0, 0.1) is 0 Å². The van der Waals surface area contributed by atoms with Crippen LogP contribution in [0.1, 0.15) is 24.5 Å². The first-order chi connectivity index (χ1) is 6.29. The summed E-state index contributed by atoms with van der Waals surface area (Å²) >= 11 is 0. The largest absolute Gasteiger partial charge is 0.384 e. The molecule has 1 saturated heterocycles. The van der Waals surface area contributed by atoms with Crippen molar-refractivity contribution in [3.63, 3.8) is 0 Å². The summed E-state index contributed by atoms with van der Waals surface area (Å²) in [5, 5.41) is 0. The molecule has 0 aromatic carbocycles. The van der Waals surface area contributed by atoms with Crippen LogP contribution in [0.4, 0.5) is 5.82 Å². The standard InChI is InChI=1S/C9H15N3O/c1-12-6-11-8(9(12)10)7-3-2-4-13-5-7/h6-7H,2-5,10H2,1H3. The summed E-state index contributed by atoms with van der Waals surface area (Å²) in [5.74, 6) is 1.17. The second-order valence-electron chi connectivity index (χ2n) is 3.54. The van der Waals surface area contributed by atoms with Crippen molar-refractivity contribution < 1.29 is 4.74 Å². The van der Waals surface area contributed by atoms with Gasteiger partial charge in [0.2, 0.25) is 0 Å². The summed E-state index contributed by atoms with van der Waals surface area (Å²) in [6, 6.07) is 0. The Morgan fingerprint density at radius 3 is 3.08 bits per heavy atom. The molecule has 2 rings (SSSR count). The number of anilines is 1. The van der Waals surface area contributed by atoms with Gasteiger partial charge in [0.15, 0.2) is 0 Å². The molecule has 0 amide bonds. The number of nitrogens with two attached hydrogens (primary N) is 1. The molecule has 72 valence electrons. The molecule has 0 bridgehead atoms. The molecule has 0 spiro atoms. The zero-order chi connectivity index (χ0) is 9.26. The molecular weight excluding hydrogens is 166 g/mol. The van der Waals surface area contributed by atoms with Gasteiger partial charge in [-0.25, -0.2) is 4.98 Å². The van der Waals surface area contributed by atoms with Crippen molar-refractivity contribution in [2.45, 2.75) is 18.8 Å². The lowest BCUT2D eigenvalue weighted by atomic mass is 9.99. The quantitative estimate of drug-likeness (QED) is 0.700. The van der Waals surface area contributed by atoms with Crippen LogP contribution in [-0.4, -0.2) is 22.8 Å². The third-order valence-electron chi connectivity index (χ3n) is 2.56. The minimum absolute atomic E-state index is 0.398. The summed E-state index contributed by atoms with van der Waals surface area (Å²) in [6.45, 7) is 1.64. The van der Waals surface area contributed by atoms with Gasteiger partial charge in [0.05, 0.1) is 18.6 Å². The molecule has 1 aromatic rings. The van der Waals surface area contributed by atoms with Crippen molar-refractivity contribution in [2.24, 2.45) is 7.05 Å². The van der Waals surface area contributed by atoms with Gasteiger partial charge in [-0.15, -0.1) is 0 Å². The van der Waals surface area contributed by atoms with Crippen LogP contribution < -0.4 is 5.73 Å². The number of nitrogens with zero attached hydrogens (tertiary/aromatic N) is 2. The van der Waals surface area contributed by atoms with E-state index in [1.807, 2.05) is 11.6 Å². The van der Waals surface area contributed by atoms with Crippen molar-refractivity contribution in [1.29, 1.82) is 0 Å². The average molecular weight is 181 g/mol. The first-order valence-corrected chi connectivity index (χ1v) is 4.63. The Morgan fingerprint density at radius 1 is 1.69 bits per heavy atom. The van der Waals surface area contributed by atoms with E-state index in [1.54, 1.807) is 6.33 Å². The molecule has 0 aliphatic carbocycles. The lowest BCUT2D eigenvalue weighted by Crippen LogP contribution is -2.17. The van der Waals surface area contributed by atoms with Crippen LogP contribution >= 0.6 is 0 Å². The maximum atomic E-state index is 5.88. The van der Waals surface area contributed by atoms with E-state index >= 15 is 0 Å². The minimum atomic E-state index is 0.398. The van der Waals surface area contributed by atoms with Crippen LogP contribution in [-0.2, 0) is 11.8 Å². The number of rotatable bonds is 1. The van der Waals surface area contributed by atoms with Gasteiger partial charge in [-0.3, -0.25) is 0 Å². The molecule has 0 radical (unpaired) electrons. The van der Waals surface area contributed by atoms with Crippen molar-refractivity contribution in [1.82, 2.24) is 9.55 Å². The third kappa shape index (κ3) is 1.54. The Morgan fingerprint density at radius 2 is 2.54 bits per heavy atom. The molecule has 1 atom stereocenters. The number of imidazole rings is 1. The highest BCUT2D eigenvalue weighted by Crippen LogP contribution is 2.27. The minimum Gasteiger partial charge on any atom is -0.384 e. The van der Waals surface area contributed by atoms with Gasteiger partial charge in [0.1, 0.15) is 5.82 Å². The Kier molecular flexibility index (Phi) is 2.22. The summed E-state index contributed by atoms with van der Waals surface area (Å²) in [7, 11) is 1.91. The molecule has 0 saturated carbocycles. The monoisotopic (exact) mass is 181 g/mol. The Labute approximate surface area is 77.7 Å². The summed E-state index contributed by atoms with van der Waals surface area (Å²) < 4.78 is 7.25. The number of aromatic nitrogens is 2. The second kappa shape index (κ2) is 3.38. The molecule has 2 N–H and O–H groups in total. The molecule has 1 fully saturated rings. The van der Waals surface area contributed by atoms with Gasteiger partial charge in [0, 0.05) is 19.6 Å². The molecule has 13 heavy (non-hydrogen) atoms. The highest BCUT2D eigenvalue weighted by Gasteiger charge is 2.20. The van der Waals surface area contributed by atoms with Gasteiger partial charge in [-0.05, 0) is 12.8 Å². The highest BCUT2D eigenvalue weighted by atomic mass is 16.5. The normalized spacial score (nSPS) is 23.3. The fourth-order valence-electron chi connectivity index (χ4n) is 1.73. The van der Waals surface area contributed by atoms with Crippen molar-refractivity contribution in [2.75, 3.05) is 18.9 Å². The van der Waals surface area contributed by atoms with Gasteiger partial charge in [0.25, 0.3) is 0 Å². The van der Waals surface area contributed by atoms with E-state index in [4.69, 9.17) is 10.5 Å². The van der Waals surface area contributed by atoms with E-state index in [0.29, 0.717) is 5.92 Å². The van der Waals surface area contributed by atoms with E-state index in [0.717, 1.165) is 37.6 Å². The molecular formula is C9H15N3O. The van der Waals surface area contributed by atoms with E-state index < -0.39 is 0 Å². The predicted molar refractivity (Wildman–Crippen MR) is 50.4 cm³/mol. The van der Waals surface area contributed by atoms with Gasteiger partial charge >= 0.3 is 0 Å². The van der Waals surface area contributed by atoms with Crippen molar-refractivity contribution in [3.05, 3.63) is 12.0 Å². The number of nitrogen functional groups attached to an aromatic ring is 1. The lowest BCUT2D eigenvalue weighted by molar-refractivity contribution is 0.0796. The zero-order valence-electron chi connectivity index (χ0n) is 7.86. The van der Waals surface area contributed by atoms with Crippen LogP contribution in [0.25, 0.3) is 0 Å². The van der Waals surface area contributed by atoms with Crippen molar-refractivity contribution in [3.8, 4) is 0 Å². The molecule has 1 aliphatic rings. The maximum absolute atomic E-state index is 5.88. The SMILES string of the molecule is Cn1cnc(C2CCCOC2)c1N. The number of hydrogen-bond acceptors (Lipinski definition) is 3. The van der Waals surface area contributed by atoms with Crippen molar-refractivity contribution >= 4 is 5.82 Å². The molecule has 1 aliphatic heterocycles. The third-order valence-corrected chi connectivity index (χ3v) is 2.56. The Bertz CT molecular complexity index is 289. The van der Waals surface area contributed by atoms with Crippen LogP contribution in [0.15, 0.2) is 6.33 Å². The molecule has 1 aromatic heterocycles. The topological polar surface area (TPSA) is 53.1 Å². The number of aryl methyl sites for hydroxylation is 1. The highest BCUT2D eigenvalue weighted by molar-refractivity contribution is 5.38.